The van der Waals surface area contributed by atoms with Gasteiger partial charge in [-0.05, 0) is 24.4 Å². The minimum absolute atomic E-state index is 0.144. The summed E-state index contributed by atoms with van der Waals surface area (Å²) in [7, 11) is 0. The minimum atomic E-state index is -0.749. The van der Waals surface area contributed by atoms with Crippen LogP contribution in [0.3, 0.4) is 0 Å². The molecule has 0 unspecified atom stereocenters. The monoisotopic (exact) mass is 307 g/mol. The van der Waals surface area contributed by atoms with Crippen LogP contribution in [0.25, 0.3) is 10.6 Å². The number of carbonyl (C=O) groups excluding carboxylic acids is 2. The number of hydrogen-bond acceptors (Lipinski definition) is 6. The highest BCUT2D eigenvalue weighted by Crippen LogP contribution is 2.22. The zero-order chi connectivity index (χ0) is 15.4. The molecule has 0 saturated carbocycles. The fourth-order valence-electron chi connectivity index (χ4n) is 1.70. The highest BCUT2D eigenvalue weighted by atomic mass is 32.1. The van der Waals surface area contributed by atoms with Crippen LogP contribution in [0.5, 0.6) is 0 Å². The fraction of sp³-hybridized carbons (Fsp3) is 0.231. The Labute approximate surface area is 124 Å². The van der Waals surface area contributed by atoms with Crippen molar-refractivity contribution >= 4 is 23.2 Å². The van der Waals surface area contributed by atoms with Crippen LogP contribution in [0.2, 0.25) is 0 Å². The maximum Gasteiger partial charge on any atom is 0.343 e. The molecule has 0 atom stereocenters. The van der Waals surface area contributed by atoms with E-state index in [2.05, 4.69) is 5.10 Å². The number of primary amides is 1. The number of nitrogens with two attached hydrogens (primary N) is 1. The number of nitrogens with zero attached hydrogens (tertiary/aromatic N) is 2. The van der Waals surface area contributed by atoms with E-state index in [0.29, 0.717) is 5.69 Å². The summed E-state index contributed by atoms with van der Waals surface area (Å²) in [6.45, 7) is 1.39. The normalized spacial score (nSPS) is 10.3. The molecule has 0 aliphatic heterocycles. The van der Waals surface area contributed by atoms with Crippen molar-refractivity contribution in [3.63, 3.8) is 0 Å². The molecule has 21 heavy (non-hydrogen) atoms. The molecule has 0 aromatic carbocycles. The van der Waals surface area contributed by atoms with Crippen molar-refractivity contribution in [1.29, 1.82) is 0 Å². The van der Waals surface area contributed by atoms with Crippen molar-refractivity contribution in [1.82, 2.24) is 9.78 Å². The molecule has 8 heteroatoms. The molecule has 1 amide bonds. The number of esters is 1. The first-order chi connectivity index (χ1) is 10.0. The van der Waals surface area contributed by atoms with Crippen LogP contribution in [0.1, 0.15) is 17.3 Å². The molecule has 0 aliphatic rings. The van der Waals surface area contributed by atoms with Gasteiger partial charge in [0.15, 0.2) is 0 Å². The summed E-state index contributed by atoms with van der Waals surface area (Å²) in [6.07, 6.45) is 0. The van der Waals surface area contributed by atoms with Crippen molar-refractivity contribution in [2.24, 2.45) is 5.73 Å². The third kappa shape index (κ3) is 3.34. The van der Waals surface area contributed by atoms with E-state index in [1.54, 1.807) is 13.0 Å². The van der Waals surface area contributed by atoms with Crippen LogP contribution in [0.4, 0.5) is 0 Å². The van der Waals surface area contributed by atoms with Crippen molar-refractivity contribution in [3.05, 3.63) is 39.5 Å². The van der Waals surface area contributed by atoms with Gasteiger partial charge in [-0.25, -0.2) is 9.48 Å². The molecule has 7 nitrogen and oxygen atoms in total. The first-order valence-corrected chi connectivity index (χ1v) is 7.02. The molecule has 0 bridgehead atoms. The van der Waals surface area contributed by atoms with E-state index < -0.39 is 24.0 Å². The Hall–Kier alpha value is -2.48. The van der Waals surface area contributed by atoms with Gasteiger partial charge in [0.05, 0.1) is 11.5 Å². The Balaban J connectivity index is 2.58. The third-order valence-corrected chi connectivity index (χ3v) is 3.44. The summed E-state index contributed by atoms with van der Waals surface area (Å²) in [5, 5.41) is 5.90. The lowest BCUT2D eigenvalue weighted by Gasteiger charge is -2.08. The molecule has 110 valence electrons. The number of carbonyl (C=O) groups is 2. The lowest BCUT2D eigenvalue weighted by atomic mass is 10.2. The maximum absolute atomic E-state index is 12.1. The molecule has 2 aromatic rings. The van der Waals surface area contributed by atoms with Gasteiger partial charge in [-0.2, -0.15) is 5.10 Å². The predicted octanol–water partition coefficient (Wildman–Crippen LogP) is 0.634. The van der Waals surface area contributed by atoms with E-state index in [4.69, 9.17) is 10.5 Å². The van der Waals surface area contributed by atoms with Crippen molar-refractivity contribution < 1.29 is 14.3 Å². The molecule has 2 rings (SSSR count). The average Bonchev–Trinajstić information content (AvgIpc) is 2.94. The summed E-state index contributed by atoms with van der Waals surface area (Å²) >= 11 is 1.40. The van der Waals surface area contributed by atoms with Gasteiger partial charge in [0.25, 0.3) is 5.56 Å². The van der Waals surface area contributed by atoms with E-state index in [9.17, 15) is 14.4 Å². The van der Waals surface area contributed by atoms with E-state index >= 15 is 0 Å². The summed E-state index contributed by atoms with van der Waals surface area (Å²) < 4.78 is 5.73. The Morgan fingerprint density at radius 3 is 2.81 bits per heavy atom. The Morgan fingerprint density at radius 2 is 2.24 bits per heavy atom. The lowest BCUT2D eigenvalue weighted by molar-refractivity contribution is -0.118. The average molecular weight is 307 g/mol. The Bertz CT molecular complexity index is 722. The zero-order valence-corrected chi connectivity index (χ0v) is 12.1. The van der Waals surface area contributed by atoms with Gasteiger partial charge in [-0.3, -0.25) is 9.59 Å². The van der Waals surface area contributed by atoms with Crippen molar-refractivity contribution in [3.8, 4) is 10.6 Å². The topological polar surface area (TPSA) is 104 Å². The maximum atomic E-state index is 12.1. The summed E-state index contributed by atoms with van der Waals surface area (Å²) in [4.78, 5) is 35.8. The van der Waals surface area contributed by atoms with Gasteiger partial charge >= 0.3 is 5.97 Å². The van der Waals surface area contributed by atoms with Crippen LogP contribution in [-0.2, 0) is 16.1 Å². The van der Waals surface area contributed by atoms with Crippen molar-refractivity contribution in [2.75, 3.05) is 6.61 Å². The SMILES string of the molecule is CCOC(=O)c1cc(-c2cccs2)nn(CC(N)=O)c1=O. The van der Waals surface area contributed by atoms with E-state index in [0.717, 1.165) is 9.56 Å². The van der Waals surface area contributed by atoms with Gasteiger partial charge in [0.1, 0.15) is 17.8 Å². The predicted molar refractivity (Wildman–Crippen MR) is 77.0 cm³/mol. The largest absolute Gasteiger partial charge is 0.462 e. The smallest absolute Gasteiger partial charge is 0.343 e. The number of thiophene rings is 1. The minimum Gasteiger partial charge on any atom is -0.462 e. The molecule has 0 saturated heterocycles. The lowest BCUT2D eigenvalue weighted by Crippen LogP contribution is -2.34. The summed E-state index contributed by atoms with van der Waals surface area (Å²) in [5.74, 6) is -1.47. The molecule has 2 heterocycles. The van der Waals surface area contributed by atoms with Gasteiger partial charge in [-0.15, -0.1) is 11.3 Å². The van der Waals surface area contributed by atoms with Crippen LogP contribution in [0.15, 0.2) is 28.4 Å². The van der Waals surface area contributed by atoms with Gasteiger partial charge in [0.2, 0.25) is 5.91 Å². The molecule has 0 spiro atoms. The molecule has 0 radical (unpaired) electrons. The second-order valence-electron chi connectivity index (χ2n) is 4.07. The van der Waals surface area contributed by atoms with E-state index in [-0.39, 0.29) is 12.2 Å². The Morgan fingerprint density at radius 1 is 1.48 bits per heavy atom. The first kappa shape index (κ1) is 14.9. The number of ether oxygens (including phenoxy) is 1. The molecular weight excluding hydrogens is 294 g/mol. The first-order valence-electron chi connectivity index (χ1n) is 6.14. The highest BCUT2D eigenvalue weighted by Gasteiger charge is 2.18. The second-order valence-corrected chi connectivity index (χ2v) is 5.02. The van der Waals surface area contributed by atoms with Crippen LogP contribution < -0.4 is 11.3 Å². The summed E-state index contributed by atoms with van der Waals surface area (Å²) in [5.41, 5.74) is 4.63. The molecule has 0 fully saturated rings. The van der Waals surface area contributed by atoms with Crippen molar-refractivity contribution in [2.45, 2.75) is 13.5 Å². The molecule has 0 aliphatic carbocycles. The van der Waals surface area contributed by atoms with Crippen LogP contribution in [-0.4, -0.2) is 28.3 Å². The zero-order valence-electron chi connectivity index (χ0n) is 11.2. The number of amides is 1. The summed E-state index contributed by atoms with van der Waals surface area (Å²) in [6, 6.07) is 4.97. The van der Waals surface area contributed by atoms with E-state index in [1.807, 2.05) is 11.4 Å². The molecule has 2 aromatic heterocycles. The number of rotatable bonds is 5. The van der Waals surface area contributed by atoms with E-state index in [1.165, 1.54) is 17.4 Å². The quantitative estimate of drug-likeness (QED) is 0.816. The highest BCUT2D eigenvalue weighted by molar-refractivity contribution is 7.13. The van der Waals surface area contributed by atoms with Gasteiger partial charge < -0.3 is 10.5 Å². The van der Waals surface area contributed by atoms with Gasteiger partial charge in [0, 0.05) is 0 Å². The second kappa shape index (κ2) is 6.31. The Kier molecular flexibility index (Phi) is 4.49. The van der Waals surface area contributed by atoms with Crippen LogP contribution >= 0.6 is 11.3 Å². The fourth-order valence-corrected chi connectivity index (χ4v) is 2.38. The number of aromatic nitrogens is 2. The van der Waals surface area contributed by atoms with Crippen LogP contribution in [0, 0.1) is 0 Å². The molecule has 2 N–H and O–H groups in total. The van der Waals surface area contributed by atoms with Gasteiger partial charge in [-0.1, -0.05) is 6.07 Å². The third-order valence-electron chi connectivity index (χ3n) is 2.55. The number of hydrogen-bond donors (Lipinski definition) is 1. The molecular formula is C13H13N3O4S. The standard InChI is InChI=1S/C13H13N3O4S/c1-2-20-13(19)8-6-9(10-4-3-5-21-10)15-16(12(8)18)7-11(14)17/h3-6H,2,7H2,1H3,(H2,14,17).